The zero-order valence-corrected chi connectivity index (χ0v) is 11.7. The maximum atomic E-state index is 12.2. The van der Waals surface area contributed by atoms with Gasteiger partial charge in [0.05, 0.1) is 0 Å². The minimum atomic E-state index is -0.0245. The fraction of sp³-hybridized carbons (Fsp3) is 0.727. The first-order chi connectivity index (χ1) is 8.13. The van der Waals surface area contributed by atoms with Crippen molar-refractivity contribution in [3.63, 3.8) is 0 Å². The number of amides is 1. The maximum absolute atomic E-state index is 12.2. The lowest BCUT2D eigenvalue weighted by atomic mass is 10.2. The number of carbonyl (C=O) groups is 1. The fourth-order valence-corrected chi connectivity index (χ4v) is 2.30. The Bertz CT molecular complexity index is 366. The molecule has 1 heterocycles. The molecule has 0 fully saturated rings. The minimum Gasteiger partial charge on any atom is -0.360 e. The summed E-state index contributed by atoms with van der Waals surface area (Å²) in [7, 11) is 0. The van der Waals surface area contributed by atoms with E-state index in [9.17, 15) is 4.79 Å². The van der Waals surface area contributed by atoms with Crippen molar-refractivity contribution < 1.29 is 4.79 Å². The molecule has 96 valence electrons. The zero-order chi connectivity index (χ0) is 12.8. The number of carbonyl (C=O) groups excluding carboxylic acids is 1. The summed E-state index contributed by atoms with van der Waals surface area (Å²) in [5.41, 5.74) is 0. The van der Waals surface area contributed by atoms with Crippen molar-refractivity contribution in [3.05, 3.63) is 5.01 Å². The highest BCUT2D eigenvalue weighted by molar-refractivity contribution is 7.17. The third-order valence-electron chi connectivity index (χ3n) is 2.66. The Morgan fingerprint density at radius 1 is 1.41 bits per heavy atom. The van der Waals surface area contributed by atoms with E-state index in [1.54, 1.807) is 0 Å². The summed E-state index contributed by atoms with van der Waals surface area (Å²) in [4.78, 5) is 14.0. The summed E-state index contributed by atoms with van der Waals surface area (Å²) < 4.78 is 0. The van der Waals surface area contributed by atoms with Gasteiger partial charge < -0.3 is 10.2 Å². The zero-order valence-electron chi connectivity index (χ0n) is 10.9. The van der Waals surface area contributed by atoms with Crippen LogP contribution in [-0.4, -0.2) is 40.1 Å². The largest absolute Gasteiger partial charge is 0.360 e. The Morgan fingerprint density at radius 2 is 2.12 bits per heavy atom. The van der Waals surface area contributed by atoms with E-state index in [0.29, 0.717) is 16.7 Å². The molecule has 0 aliphatic rings. The molecule has 1 rings (SSSR count). The van der Waals surface area contributed by atoms with Crippen molar-refractivity contribution in [2.75, 3.05) is 18.4 Å². The molecule has 1 unspecified atom stereocenters. The van der Waals surface area contributed by atoms with E-state index in [0.717, 1.165) is 13.0 Å². The highest BCUT2D eigenvalue weighted by Crippen LogP contribution is 2.18. The Morgan fingerprint density at radius 3 is 2.65 bits per heavy atom. The first kappa shape index (κ1) is 13.9. The van der Waals surface area contributed by atoms with E-state index < -0.39 is 0 Å². The first-order valence-corrected chi connectivity index (χ1v) is 6.83. The molecule has 0 saturated carbocycles. The molecule has 5 nitrogen and oxygen atoms in total. The van der Waals surface area contributed by atoms with Crippen molar-refractivity contribution in [2.24, 2.45) is 0 Å². The molecule has 0 aliphatic carbocycles. The van der Waals surface area contributed by atoms with Crippen LogP contribution in [0.2, 0.25) is 0 Å². The molecule has 0 spiro atoms. The normalized spacial score (nSPS) is 12.2. The molecule has 0 saturated heterocycles. The van der Waals surface area contributed by atoms with Crippen molar-refractivity contribution in [1.82, 2.24) is 15.1 Å². The van der Waals surface area contributed by atoms with Crippen LogP contribution in [0.5, 0.6) is 0 Å². The highest BCUT2D eigenvalue weighted by Gasteiger charge is 2.22. The summed E-state index contributed by atoms with van der Waals surface area (Å²) in [5.74, 6) is -0.0245. The Kier molecular flexibility index (Phi) is 5.34. The van der Waals surface area contributed by atoms with E-state index in [1.165, 1.54) is 11.3 Å². The molecule has 0 radical (unpaired) electrons. The van der Waals surface area contributed by atoms with E-state index in [2.05, 4.69) is 22.4 Å². The summed E-state index contributed by atoms with van der Waals surface area (Å²) in [6.45, 7) is 9.57. The number of hydrogen-bond donors (Lipinski definition) is 1. The van der Waals surface area contributed by atoms with Gasteiger partial charge >= 0.3 is 0 Å². The van der Waals surface area contributed by atoms with Gasteiger partial charge in [-0.3, -0.25) is 4.79 Å². The lowest BCUT2D eigenvalue weighted by Crippen LogP contribution is -2.38. The van der Waals surface area contributed by atoms with Crippen LogP contribution in [0.4, 0.5) is 5.13 Å². The smallest absolute Gasteiger partial charge is 0.285 e. The number of rotatable bonds is 6. The van der Waals surface area contributed by atoms with Crippen LogP contribution < -0.4 is 5.32 Å². The molecule has 1 atom stereocenters. The van der Waals surface area contributed by atoms with E-state index in [4.69, 9.17) is 0 Å². The number of aromatic nitrogens is 2. The van der Waals surface area contributed by atoms with E-state index >= 15 is 0 Å². The van der Waals surface area contributed by atoms with Gasteiger partial charge in [-0.2, -0.15) is 0 Å². The van der Waals surface area contributed by atoms with E-state index in [-0.39, 0.29) is 11.9 Å². The summed E-state index contributed by atoms with van der Waals surface area (Å²) >= 11 is 1.31. The molecule has 1 aromatic rings. The van der Waals surface area contributed by atoms with Gasteiger partial charge in [0, 0.05) is 19.1 Å². The number of nitrogens with zero attached hydrogens (tertiary/aromatic N) is 3. The summed E-state index contributed by atoms with van der Waals surface area (Å²) in [6.07, 6.45) is 0.943. The topological polar surface area (TPSA) is 58.1 Å². The predicted octanol–water partition coefficient (Wildman–Crippen LogP) is 2.23. The molecule has 1 aromatic heterocycles. The van der Waals surface area contributed by atoms with Crippen LogP contribution in [-0.2, 0) is 0 Å². The molecule has 0 bridgehead atoms. The van der Waals surface area contributed by atoms with Crippen LogP contribution in [0.3, 0.4) is 0 Å². The molecule has 0 aromatic carbocycles. The van der Waals surface area contributed by atoms with Crippen molar-refractivity contribution in [1.29, 1.82) is 0 Å². The summed E-state index contributed by atoms with van der Waals surface area (Å²) in [6, 6.07) is 0.235. The molecule has 0 aliphatic heterocycles. The fourth-order valence-electron chi connectivity index (χ4n) is 1.53. The second-order valence-electron chi connectivity index (χ2n) is 3.79. The Labute approximate surface area is 106 Å². The van der Waals surface area contributed by atoms with Crippen LogP contribution in [0.25, 0.3) is 0 Å². The monoisotopic (exact) mass is 256 g/mol. The van der Waals surface area contributed by atoms with Crippen LogP contribution in [0, 0.1) is 0 Å². The van der Waals surface area contributed by atoms with Gasteiger partial charge in [0.15, 0.2) is 0 Å². The molecular formula is C11H20N4OS. The molecule has 6 heteroatoms. The second-order valence-corrected chi connectivity index (χ2v) is 4.77. The molecule has 17 heavy (non-hydrogen) atoms. The van der Waals surface area contributed by atoms with Crippen molar-refractivity contribution in [3.8, 4) is 0 Å². The molecule has 1 amide bonds. The lowest BCUT2D eigenvalue weighted by molar-refractivity contribution is 0.0698. The quantitative estimate of drug-likeness (QED) is 0.848. The van der Waals surface area contributed by atoms with Crippen molar-refractivity contribution >= 4 is 22.4 Å². The van der Waals surface area contributed by atoms with Gasteiger partial charge in [-0.1, -0.05) is 18.3 Å². The van der Waals surface area contributed by atoms with Crippen LogP contribution >= 0.6 is 11.3 Å². The number of nitrogens with one attached hydrogen (secondary N) is 1. The predicted molar refractivity (Wildman–Crippen MR) is 70.5 cm³/mol. The molecule has 1 N–H and O–H groups in total. The number of hydrogen-bond acceptors (Lipinski definition) is 5. The standard InChI is InChI=1S/C11H20N4OS/c1-5-8(4)15(7-3)10(16)9-13-14-11(17-9)12-6-2/h8H,5-7H2,1-4H3,(H,12,14). The van der Waals surface area contributed by atoms with Gasteiger partial charge in [0.25, 0.3) is 5.91 Å². The van der Waals surface area contributed by atoms with Crippen molar-refractivity contribution in [2.45, 2.75) is 40.2 Å². The first-order valence-electron chi connectivity index (χ1n) is 6.02. The average Bonchev–Trinajstić information content (AvgIpc) is 2.78. The SMILES string of the molecule is CCNc1nnc(C(=O)N(CC)C(C)CC)s1. The van der Waals surface area contributed by atoms with Gasteiger partial charge in [-0.15, -0.1) is 10.2 Å². The maximum Gasteiger partial charge on any atom is 0.285 e. The summed E-state index contributed by atoms with van der Waals surface area (Å²) in [5, 5.41) is 12.1. The Hall–Kier alpha value is -1.17. The number of anilines is 1. The van der Waals surface area contributed by atoms with Gasteiger partial charge in [0.1, 0.15) is 0 Å². The third kappa shape index (κ3) is 3.39. The van der Waals surface area contributed by atoms with Gasteiger partial charge in [0.2, 0.25) is 10.1 Å². The van der Waals surface area contributed by atoms with Gasteiger partial charge in [-0.05, 0) is 27.2 Å². The lowest BCUT2D eigenvalue weighted by Gasteiger charge is -2.25. The minimum absolute atomic E-state index is 0.0245. The second kappa shape index (κ2) is 6.54. The average molecular weight is 256 g/mol. The third-order valence-corrected chi connectivity index (χ3v) is 3.53. The molecular weight excluding hydrogens is 236 g/mol. The highest BCUT2D eigenvalue weighted by atomic mass is 32.1. The van der Waals surface area contributed by atoms with Crippen LogP contribution in [0.15, 0.2) is 0 Å². The van der Waals surface area contributed by atoms with Crippen LogP contribution in [0.1, 0.15) is 43.9 Å². The van der Waals surface area contributed by atoms with Gasteiger partial charge in [-0.25, -0.2) is 0 Å². The van der Waals surface area contributed by atoms with E-state index in [1.807, 2.05) is 25.7 Å². The Balaban J connectivity index is 2.79.